The molecule has 1 heteroatoms. The van der Waals surface area contributed by atoms with Gasteiger partial charge in [-0.1, -0.05) is 49.4 Å². The molecule has 17 heavy (non-hydrogen) atoms. The van der Waals surface area contributed by atoms with Crippen molar-refractivity contribution in [2.45, 2.75) is 32.4 Å². The zero-order chi connectivity index (χ0) is 11.7. The molecule has 3 rings (SSSR count). The van der Waals surface area contributed by atoms with Crippen LogP contribution in [0.15, 0.2) is 42.5 Å². The van der Waals surface area contributed by atoms with E-state index in [1.54, 1.807) is 0 Å². The minimum absolute atomic E-state index is 0.740. The Morgan fingerprint density at radius 2 is 1.82 bits per heavy atom. The molecule has 1 aliphatic carbocycles. The van der Waals surface area contributed by atoms with E-state index in [4.69, 9.17) is 0 Å². The van der Waals surface area contributed by atoms with Crippen molar-refractivity contribution >= 4 is 10.8 Å². The lowest BCUT2D eigenvalue weighted by Gasteiger charge is -2.33. The largest absolute Gasteiger partial charge is 0.310 e. The van der Waals surface area contributed by atoms with Crippen LogP contribution < -0.4 is 5.32 Å². The topological polar surface area (TPSA) is 12.0 Å². The van der Waals surface area contributed by atoms with Crippen molar-refractivity contribution in [3.63, 3.8) is 0 Å². The van der Waals surface area contributed by atoms with Crippen molar-refractivity contribution in [3.05, 3.63) is 48.0 Å². The third kappa shape index (κ3) is 2.20. The Labute approximate surface area is 103 Å². The predicted octanol–water partition coefficient (Wildman–Crippen LogP) is 3.73. The summed E-state index contributed by atoms with van der Waals surface area (Å²) in [4.78, 5) is 0. The number of benzene rings is 2. The molecule has 0 radical (unpaired) electrons. The number of fused-ring (bicyclic) bond motifs is 1. The molecular formula is C16H19N. The lowest BCUT2D eigenvalue weighted by atomic mass is 9.82. The minimum Gasteiger partial charge on any atom is -0.310 e. The van der Waals surface area contributed by atoms with Crippen LogP contribution >= 0.6 is 0 Å². The fourth-order valence-electron chi connectivity index (χ4n) is 2.77. The maximum Gasteiger partial charge on any atom is 0.0214 e. The Morgan fingerprint density at radius 3 is 2.65 bits per heavy atom. The quantitative estimate of drug-likeness (QED) is 0.839. The maximum absolute atomic E-state index is 3.66. The Balaban J connectivity index is 1.76. The van der Waals surface area contributed by atoms with Gasteiger partial charge in [0.2, 0.25) is 0 Å². The van der Waals surface area contributed by atoms with Gasteiger partial charge in [0.1, 0.15) is 0 Å². The molecule has 0 heterocycles. The highest BCUT2D eigenvalue weighted by Gasteiger charge is 2.24. The molecule has 2 aromatic rings. The number of hydrogen-bond donors (Lipinski definition) is 1. The molecule has 1 N–H and O–H groups in total. The molecular weight excluding hydrogens is 206 g/mol. The average molecular weight is 225 g/mol. The first kappa shape index (κ1) is 10.8. The van der Waals surface area contributed by atoms with Gasteiger partial charge in [0.15, 0.2) is 0 Å². The Morgan fingerprint density at radius 1 is 1.06 bits per heavy atom. The summed E-state index contributed by atoms with van der Waals surface area (Å²) in [5, 5.41) is 6.38. The standard InChI is InChI=1S/C16H19N/c1-12-9-15(10-12)17-11-14-7-4-6-13-5-2-3-8-16(13)14/h2-8,12,15,17H,9-11H2,1H3. The van der Waals surface area contributed by atoms with Gasteiger partial charge in [0, 0.05) is 12.6 Å². The van der Waals surface area contributed by atoms with E-state index in [9.17, 15) is 0 Å². The molecule has 0 aliphatic heterocycles. The second-order valence-electron chi connectivity index (χ2n) is 5.29. The zero-order valence-electron chi connectivity index (χ0n) is 10.3. The van der Waals surface area contributed by atoms with Crippen LogP contribution in [0.2, 0.25) is 0 Å². The molecule has 0 amide bonds. The predicted molar refractivity (Wildman–Crippen MR) is 73.0 cm³/mol. The molecule has 0 spiro atoms. The van der Waals surface area contributed by atoms with Crippen LogP contribution in [0.3, 0.4) is 0 Å². The first-order valence-corrected chi connectivity index (χ1v) is 6.53. The highest BCUT2D eigenvalue weighted by Crippen LogP contribution is 2.27. The van der Waals surface area contributed by atoms with Crippen molar-refractivity contribution in [1.29, 1.82) is 0 Å². The molecule has 1 aliphatic rings. The van der Waals surface area contributed by atoms with Crippen molar-refractivity contribution in [1.82, 2.24) is 5.32 Å². The summed E-state index contributed by atoms with van der Waals surface area (Å²) < 4.78 is 0. The lowest BCUT2D eigenvalue weighted by molar-refractivity contribution is 0.240. The van der Waals surface area contributed by atoms with E-state index in [0.29, 0.717) is 0 Å². The Bertz CT molecular complexity index is 506. The number of nitrogens with one attached hydrogen (secondary N) is 1. The summed E-state index contributed by atoms with van der Waals surface area (Å²) in [6, 6.07) is 15.9. The van der Waals surface area contributed by atoms with E-state index in [0.717, 1.165) is 18.5 Å². The van der Waals surface area contributed by atoms with Gasteiger partial charge in [0.25, 0.3) is 0 Å². The second-order valence-corrected chi connectivity index (χ2v) is 5.29. The molecule has 0 unspecified atom stereocenters. The smallest absolute Gasteiger partial charge is 0.0214 e. The third-order valence-electron chi connectivity index (χ3n) is 3.83. The molecule has 1 saturated carbocycles. The van der Waals surface area contributed by atoms with Crippen LogP contribution in [0.25, 0.3) is 10.8 Å². The van der Waals surface area contributed by atoms with Gasteiger partial charge < -0.3 is 5.32 Å². The molecule has 1 fully saturated rings. The molecule has 1 nitrogen and oxygen atoms in total. The van der Waals surface area contributed by atoms with Crippen LogP contribution in [0.4, 0.5) is 0 Å². The molecule has 0 saturated heterocycles. The minimum atomic E-state index is 0.740. The van der Waals surface area contributed by atoms with Crippen LogP contribution in [-0.2, 0) is 6.54 Å². The Hall–Kier alpha value is -1.34. The molecule has 0 bridgehead atoms. The van der Waals surface area contributed by atoms with Gasteiger partial charge in [-0.05, 0) is 35.1 Å². The lowest BCUT2D eigenvalue weighted by Crippen LogP contribution is -2.39. The van der Waals surface area contributed by atoms with Gasteiger partial charge in [-0.15, -0.1) is 0 Å². The first-order valence-electron chi connectivity index (χ1n) is 6.53. The van der Waals surface area contributed by atoms with Crippen molar-refractivity contribution in [2.75, 3.05) is 0 Å². The Kier molecular flexibility index (Phi) is 2.86. The van der Waals surface area contributed by atoms with E-state index in [2.05, 4.69) is 54.7 Å². The monoisotopic (exact) mass is 225 g/mol. The van der Waals surface area contributed by atoms with Crippen LogP contribution in [0, 0.1) is 5.92 Å². The van der Waals surface area contributed by atoms with Gasteiger partial charge >= 0.3 is 0 Å². The van der Waals surface area contributed by atoms with Crippen LogP contribution in [0.1, 0.15) is 25.3 Å². The summed E-state index contributed by atoms with van der Waals surface area (Å²) in [7, 11) is 0. The van der Waals surface area contributed by atoms with E-state index in [-0.39, 0.29) is 0 Å². The molecule has 0 atom stereocenters. The highest BCUT2D eigenvalue weighted by molar-refractivity contribution is 5.85. The molecule has 0 aromatic heterocycles. The van der Waals surface area contributed by atoms with Crippen LogP contribution in [-0.4, -0.2) is 6.04 Å². The van der Waals surface area contributed by atoms with Crippen LogP contribution in [0.5, 0.6) is 0 Å². The fourth-order valence-corrected chi connectivity index (χ4v) is 2.77. The SMILES string of the molecule is CC1CC(NCc2cccc3ccccc23)C1. The fraction of sp³-hybridized carbons (Fsp3) is 0.375. The van der Waals surface area contributed by atoms with Gasteiger partial charge in [-0.3, -0.25) is 0 Å². The summed E-state index contributed by atoms with van der Waals surface area (Å²) in [6.07, 6.45) is 2.68. The number of rotatable bonds is 3. The first-order chi connectivity index (χ1) is 8.33. The summed E-state index contributed by atoms with van der Waals surface area (Å²) in [6.45, 7) is 3.33. The van der Waals surface area contributed by atoms with Gasteiger partial charge in [-0.25, -0.2) is 0 Å². The van der Waals surface area contributed by atoms with Crippen molar-refractivity contribution in [3.8, 4) is 0 Å². The van der Waals surface area contributed by atoms with Gasteiger partial charge in [0.05, 0.1) is 0 Å². The van der Waals surface area contributed by atoms with E-state index in [1.807, 2.05) is 0 Å². The summed E-state index contributed by atoms with van der Waals surface area (Å²) in [5.74, 6) is 0.917. The molecule has 2 aromatic carbocycles. The van der Waals surface area contributed by atoms with E-state index >= 15 is 0 Å². The highest BCUT2D eigenvalue weighted by atomic mass is 14.9. The van der Waals surface area contributed by atoms with Gasteiger partial charge in [-0.2, -0.15) is 0 Å². The van der Waals surface area contributed by atoms with E-state index < -0.39 is 0 Å². The molecule has 88 valence electrons. The third-order valence-corrected chi connectivity index (χ3v) is 3.83. The van der Waals surface area contributed by atoms with E-state index in [1.165, 1.54) is 29.2 Å². The summed E-state index contributed by atoms with van der Waals surface area (Å²) >= 11 is 0. The van der Waals surface area contributed by atoms with Crippen molar-refractivity contribution < 1.29 is 0 Å². The average Bonchev–Trinajstić information content (AvgIpc) is 2.33. The normalized spacial score (nSPS) is 23.6. The summed E-state index contributed by atoms with van der Waals surface area (Å²) in [5.41, 5.74) is 1.42. The second kappa shape index (κ2) is 4.50. The number of hydrogen-bond acceptors (Lipinski definition) is 1. The maximum atomic E-state index is 3.66. The van der Waals surface area contributed by atoms with Crippen molar-refractivity contribution in [2.24, 2.45) is 5.92 Å². The zero-order valence-corrected chi connectivity index (χ0v) is 10.3.